The molecule has 0 radical (unpaired) electrons. The van der Waals surface area contributed by atoms with E-state index in [-0.39, 0.29) is 5.91 Å². The predicted octanol–water partition coefficient (Wildman–Crippen LogP) is 3.64. The number of hydrogen-bond donors (Lipinski definition) is 1. The van der Waals surface area contributed by atoms with Gasteiger partial charge in [-0.05, 0) is 17.7 Å². The Hall–Kier alpha value is -3.80. The molecule has 0 spiro atoms. The van der Waals surface area contributed by atoms with Crippen LogP contribution in [-0.2, 0) is 6.54 Å². The molecule has 0 aliphatic carbocycles. The van der Waals surface area contributed by atoms with Crippen LogP contribution in [0.5, 0.6) is 0 Å². The van der Waals surface area contributed by atoms with Crippen molar-refractivity contribution in [3.05, 3.63) is 96.3 Å². The molecule has 2 aromatic carbocycles. The standard InChI is InChI=1S/C21H17N5O/c27-20(18-13-7-8-14-22-18)26-21(23-15-16-9-3-1-4-10-16)24-19(25-26)17-11-5-2-6-12-17/h1-14H,15H2,(H,23,24,25). The third kappa shape index (κ3) is 3.74. The van der Waals surface area contributed by atoms with Crippen molar-refractivity contribution in [2.75, 3.05) is 5.32 Å². The van der Waals surface area contributed by atoms with Gasteiger partial charge in [0.1, 0.15) is 5.69 Å². The lowest BCUT2D eigenvalue weighted by Crippen LogP contribution is -2.18. The highest BCUT2D eigenvalue weighted by molar-refractivity contribution is 5.95. The minimum Gasteiger partial charge on any atom is -0.350 e. The molecule has 0 unspecified atom stereocenters. The van der Waals surface area contributed by atoms with E-state index < -0.39 is 0 Å². The Balaban J connectivity index is 1.69. The van der Waals surface area contributed by atoms with E-state index in [2.05, 4.69) is 20.4 Å². The van der Waals surface area contributed by atoms with Crippen LogP contribution in [0.25, 0.3) is 11.4 Å². The van der Waals surface area contributed by atoms with Crippen LogP contribution in [0.3, 0.4) is 0 Å². The Labute approximate surface area is 156 Å². The van der Waals surface area contributed by atoms with Gasteiger partial charge in [-0.2, -0.15) is 9.67 Å². The molecule has 0 aliphatic rings. The average molecular weight is 355 g/mol. The van der Waals surface area contributed by atoms with Gasteiger partial charge in [-0.25, -0.2) is 0 Å². The molecule has 0 saturated heterocycles. The van der Waals surface area contributed by atoms with Crippen molar-refractivity contribution in [3.8, 4) is 11.4 Å². The summed E-state index contributed by atoms with van der Waals surface area (Å²) in [6, 6.07) is 24.7. The normalized spacial score (nSPS) is 10.5. The Morgan fingerprint density at radius 2 is 1.59 bits per heavy atom. The van der Waals surface area contributed by atoms with E-state index in [0.29, 0.717) is 24.0 Å². The highest BCUT2D eigenvalue weighted by Gasteiger charge is 2.19. The zero-order chi connectivity index (χ0) is 18.5. The van der Waals surface area contributed by atoms with Gasteiger partial charge >= 0.3 is 0 Å². The van der Waals surface area contributed by atoms with Crippen LogP contribution in [0.15, 0.2) is 85.1 Å². The Bertz CT molecular complexity index is 1030. The molecule has 4 rings (SSSR count). The minimum absolute atomic E-state index is 0.310. The van der Waals surface area contributed by atoms with Crippen molar-refractivity contribution in [3.63, 3.8) is 0 Å². The van der Waals surface area contributed by atoms with Gasteiger partial charge in [0.2, 0.25) is 5.95 Å². The second kappa shape index (κ2) is 7.61. The van der Waals surface area contributed by atoms with Gasteiger partial charge in [0, 0.05) is 18.3 Å². The second-order valence-electron chi connectivity index (χ2n) is 5.90. The predicted molar refractivity (Wildman–Crippen MR) is 103 cm³/mol. The molecule has 0 bridgehead atoms. The molecule has 6 heteroatoms. The lowest BCUT2D eigenvalue weighted by Gasteiger charge is -2.06. The fourth-order valence-corrected chi connectivity index (χ4v) is 2.65. The summed E-state index contributed by atoms with van der Waals surface area (Å²) in [6.07, 6.45) is 1.58. The first kappa shape index (κ1) is 16.7. The van der Waals surface area contributed by atoms with Gasteiger partial charge in [-0.3, -0.25) is 9.78 Å². The third-order valence-corrected chi connectivity index (χ3v) is 4.01. The Morgan fingerprint density at radius 1 is 0.889 bits per heavy atom. The van der Waals surface area contributed by atoms with E-state index in [9.17, 15) is 4.79 Å². The number of rotatable bonds is 5. The van der Waals surface area contributed by atoms with Gasteiger partial charge < -0.3 is 5.32 Å². The molecule has 0 fully saturated rings. The number of nitrogens with one attached hydrogen (secondary N) is 1. The molecule has 1 N–H and O–H groups in total. The van der Waals surface area contributed by atoms with E-state index in [4.69, 9.17) is 0 Å². The smallest absolute Gasteiger partial charge is 0.299 e. The number of benzene rings is 2. The van der Waals surface area contributed by atoms with Crippen molar-refractivity contribution in [2.45, 2.75) is 6.54 Å². The number of anilines is 1. The SMILES string of the molecule is O=C(c1ccccn1)n1nc(-c2ccccc2)nc1NCc1ccccc1. The van der Waals surface area contributed by atoms with Crippen molar-refractivity contribution >= 4 is 11.9 Å². The maximum Gasteiger partial charge on any atom is 0.299 e. The topological polar surface area (TPSA) is 72.7 Å². The fourth-order valence-electron chi connectivity index (χ4n) is 2.65. The summed E-state index contributed by atoms with van der Waals surface area (Å²) in [7, 11) is 0. The zero-order valence-corrected chi connectivity index (χ0v) is 14.5. The number of aromatic nitrogens is 4. The van der Waals surface area contributed by atoms with Crippen LogP contribution in [0.4, 0.5) is 5.95 Å². The van der Waals surface area contributed by atoms with E-state index in [1.54, 1.807) is 24.4 Å². The summed E-state index contributed by atoms with van der Waals surface area (Å²) in [6.45, 7) is 0.531. The molecule has 0 saturated carbocycles. The van der Waals surface area contributed by atoms with Gasteiger partial charge in [-0.1, -0.05) is 66.7 Å². The molecular formula is C21H17N5O. The summed E-state index contributed by atoms with van der Waals surface area (Å²) >= 11 is 0. The number of carbonyl (C=O) groups excluding carboxylic acids is 1. The van der Waals surface area contributed by atoms with E-state index in [0.717, 1.165) is 11.1 Å². The van der Waals surface area contributed by atoms with Crippen LogP contribution >= 0.6 is 0 Å². The van der Waals surface area contributed by atoms with Crippen LogP contribution in [-0.4, -0.2) is 25.7 Å². The second-order valence-corrected chi connectivity index (χ2v) is 5.90. The number of nitrogens with zero attached hydrogens (tertiary/aromatic N) is 4. The van der Waals surface area contributed by atoms with E-state index >= 15 is 0 Å². The summed E-state index contributed by atoms with van der Waals surface area (Å²) < 4.78 is 1.27. The lowest BCUT2D eigenvalue weighted by molar-refractivity contribution is 0.0942. The summed E-state index contributed by atoms with van der Waals surface area (Å²) in [5, 5.41) is 7.63. The molecule has 132 valence electrons. The quantitative estimate of drug-likeness (QED) is 0.592. The first-order chi connectivity index (χ1) is 13.3. The highest BCUT2D eigenvalue weighted by atomic mass is 16.2. The monoisotopic (exact) mass is 355 g/mol. The lowest BCUT2D eigenvalue weighted by atomic mass is 10.2. The first-order valence-electron chi connectivity index (χ1n) is 8.57. The Kier molecular flexibility index (Phi) is 4.70. The molecule has 4 aromatic rings. The van der Waals surface area contributed by atoms with Gasteiger partial charge in [-0.15, -0.1) is 5.10 Å². The maximum absolute atomic E-state index is 12.9. The average Bonchev–Trinajstić information content (AvgIpc) is 3.18. The van der Waals surface area contributed by atoms with Crippen LogP contribution in [0.1, 0.15) is 16.1 Å². The molecule has 6 nitrogen and oxygen atoms in total. The number of pyridine rings is 1. The first-order valence-corrected chi connectivity index (χ1v) is 8.57. The van der Waals surface area contributed by atoms with E-state index in [1.165, 1.54) is 4.68 Å². The molecule has 2 heterocycles. The van der Waals surface area contributed by atoms with Crippen molar-refractivity contribution in [2.24, 2.45) is 0 Å². The van der Waals surface area contributed by atoms with Gasteiger partial charge in [0.25, 0.3) is 5.91 Å². The third-order valence-electron chi connectivity index (χ3n) is 4.01. The van der Waals surface area contributed by atoms with Crippen LogP contribution < -0.4 is 5.32 Å². The van der Waals surface area contributed by atoms with Crippen molar-refractivity contribution in [1.29, 1.82) is 0 Å². The van der Waals surface area contributed by atoms with Crippen LogP contribution in [0, 0.1) is 0 Å². The minimum atomic E-state index is -0.333. The van der Waals surface area contributed by atoms with Crippen molar-refractivity contribution in [1.82, 2.24) is 19.7 Å². The molecule has 0 atom stereocenters. The van der Waals surface area contributed by atoms with Gasteiger partial charge in [0.15, 0.2) is 5.82 Å². The summed E-state index contributed by atoms with van der Waals surface area (Å²) in [5.74, 6) is 0.532. The molecule has 2 aromatic heterocycles. The zero-order valence-electron chi connectivity index (χ0n) is 14.5. The maximum atomic E-state index is 12.9. The van der Waals surface area contributed by atoms with E-state index in [1.807, 2.05) is 60.7 Å². The largest absolute Gasteiger partial charge is 0.350 e. The summed E-state index contributed by atoms with van der Waals surface area (Å²) in [5.41, 5.74) is 2.23. The summed E-state index contributed by atoms with van der Waals surface area (Å²) in [4.78, 5) is 21.5. The molecule has 0 aliphatic heterocycles. The van der Waals surface area contributed by atoms with Gasteiger partial charge in [0.05, 0.1) is 0 Å². The highest BCUT2D eigenvalue weighted by Crippen LogP contribution is 2.19. The number of carbonyl (C=O) groups is 1. The molecule has 0 amide bonds. The van der Waals surface area contributed by atoms with Crippen LogP contribution in [0.2, 0.25) is 0 Å². The van der Waals surface area contributed by atoms with Crippen molar-refractivity contribution < 1.29 is 4.79 Å². The Morgan fingerprint density at radius 3 is 2.30 bits per heavy atom. The fraction of sp³-hybridized carbons (Fsp3) is 0.0476. The molecule has 27 heavy (non-hydrogen) atoms. The number of hydrogen-bond acceptors (Lipinski definition) is 5. The molecular weight excluding hydrogens is 338 g/mol.